The first-order chi connectivity index (χ1) is 25.5. The van der Waals surface area contributed by atoms with Gasteiger partial charge in [0.1, 0.15) is 17.2 Å². The third-order valence-electron chi connectivity index (χ3n) is 13.6. The van der Waals surface area contributed by atoms with E-state index in [2.05, 4.69) is 108 Å². The number of methoxy groups -OCH3 is 1. The number of aryl methyl sites for hydroxylation is 3. The van der Waals surface area contributed by atoms with Crippen LogP contribution in [0.1, 0.15) is 119 Å². The quantitative estimate of drug-likeness (QED) is 0.139. The van der Waals surface area contributed by atoms with Crippen LogP contribution in [0.4, 0.5) is 9.59 Å². The van der Waals surface area contributed by atoms with Gasteiger partial charge in [-0.25, -0.2) is 9.59 Å². The maximum absolute atomic E-state index is 13.3. The lowest BCUT2D eigenvalue weighted by molar-refractivity contribution is 0.107. The van der Waals surface area contributed by atoms with Crippen molar-refractivity contribution in [3.8, 4) is 17.2 Å². The van der Waals surface area contributed by atoms with E-state index in [0.717, 1.165) is 55.2 Å². The van der Waals surface area contributed by atoms with Gasteiger partial charge in [-0.15, -0.1) is 0 Å². The lowest BCUT2D eigenvalue weighted by Crippen LogP contribution is -2.41. The van der Waals surface area contributed by atoms with Gasteiger partial charge in [-0.2, -0.15) is 0 Å². The third kappa shape index (κ3) is 7.54. The zero-order valence-corrected chi connectivity index (χ0v) is 33.9. The summed E-state index contributed by atoms with van der Waals surface area (Å²) in [5.41, 5.74) is 7.69. The molecule has 6 rings (SSSR count). The SMILES string of the molecule is COC(=O)Oc1ccc(C2(c3ccc(OC(=O)Oc4ccc(C5(c6ccccc6)CCC(C)(C)C(C)C5)cc4C)c(C)c3)CCC(C)(C)C(C)C2)cc1C. The maximum atomic E-state index is 13.3. The molecule has 286 valence electrons. The molecule has 2 fully saturated rings. The normalized spacial score (nSPS) is 24.6. The molecule has 0 heterocycles. The third-order valence-corrected chi connectivity index (χ3v) is 13.6. The van der Waals surface area contributed by atoms with Crippen LogP contribution in [0.25, 0.3) is 0 Å². The van der Waals surface area contributed by atoms with Crippen LogP contribution in [-0.2, 0) is 15.6 Å². The van der Waals surface area contributed by atoms with E-state index < -0.39 is 12.3 Å². The molecule has 4 atom stereocenters. The number of rotatable bonds is 7. The molecular formula is C48H58O6. The van der Waals surface area contributed by atoms with Gasteiger partial charge in [0, 0.05) is 10.8 Å². The van der Waals surface area contributed by atoms with E-state index in [1.165, 1.54) is 29.4 Å². The molecule has 54 heavy (non-hydrogen) atoms. The van der Waals surface area contributed by atoms with Crippen LogP contribution >= 0.6 is 0 Å². The summed E-state index contributed by atoms with van der Waals surface area (Å²) >= 11 is 0. The fraction of sp³-hybridized carbons (Fsp3) is 0.458. The summed E-state index contributed by atoms with van der Waals surface area (Å²) in [5, 5.41) is 0. The predicted molar refractivity (Wildman–Crippen MR) is 215 cm³/mol. The molecule has 0 saturated heterocycles. The molecule has 4 aromatic rings. The maximum Gasteiger partial charge on any atom is 0.519 e. The van der Waals surface area contributed by atoms with Crippen LogP contribution in [0, 0.1) is 43.4 Å². The Morgan fingerprint density at radius 1 is 0.519 bits per heavy atom. The molecule has 2 aliphatic rings. The topological polar surface area (TPSA) is 71.1 Å². The molecule has 0 spiro atoms. The van der Waals surface area contributed by atoms with E-state index >= 15 is 0 Å². The monoisotopic (exact) mass is 730 g/mol. The first-order valence-electron chi connectivity index (χ1n) is 19.5. The molecule has 0 radical (unpaired) electrons. The Hall–Kier alpha value is -4.58. The fourth-order valence-corrected chi connectivity index (χ4v) is 9.02. The molecule has 2 saturated carbocycles. The smallest absolute Gasteiger partial charge is 0.437 e. The molecule has 0 N–H and O–H groups in total. The highest BCUT2D eigenvalue weighted by Crippen LogP contribution is 2.55. The second-order valence-electron chi connectivity index (χ2n) is 17.7. The number of carbonyl (C=O) groups excluding carboxylic acids is 2. The molecule has 4 aromatic carbocycles. The Morgan fingerprint density at radius 3 is 1.24 bits per heavy atom. The number of benzene rings is 4. The average Bonchev–Trinajstić information content (AvgIpc) is 3.13. The van der Waals surface area contributed by atoms with Crippen LogP contribution in [0.5, 0.6) is 17.2 Å². The molecule has 0 aliphatic heterocycles. The van der Waals surface area contributed by atoms with Crippen molar-refractivity contribution >= 4 is 12.3 Å². The largest absolute Gasteiger partial charge is 0.519 e. The summed E-state index contributed by atoms with van der Waals surface area (Å²) in [4.78, 5) is 25.2. The van der Waals surface area contributed by atoms with Crippen LogP contribution < -0.4 is 14.2 Å². The summed E-state index contributed by atoms with van der Waals surface area (Å²) < 4.78 is 21.9. The molecule has 0 aromatic heterocycles. The Bertz CT molecular complexity index is 2010. The van der Waals surface area contributed by atoms with E-state index in [4.69, 9.17) is 18.9 Å². The van der Waals surface area contributed by atoms with Gasteiger partial charge in [0.05, 0.1) is 7.11 Å². The minimum Gasteiger partial charge on any atom is -0.437 e. The van der Waals surface area contributed by atoms with Crippen LogP contribution in [0.3, 0.4) is 0 Å². The van der Waals surface area contributed by atoms with Gasteiger partial charge in [-0.3, -0.25) is 0 Å². The van der Waals surface area contributed by atoms with Crippen molar-refractivity contribution < 1.29 is 28.5 Å². The highest BCUT2D eigenvalue weighted by atomic mass is 16.7. The van der Waals surface area contributed by atoms with Crippen molar-refractivity contribution in [2.75, 3.05) is 7.11 Å². The number of hydrogen-bond acceptors (Lipinski definition) is 6. The first-order valence-corrected chi connectivity index (χ1v) is 19.5. The zero-order valence-electron chi connectivity index (χ0n) is 33.9. The lowest BCUT2D eigenvalue weighted by Gasteiger charge is -2.49. The van der Waals surface area contributed by atoms with Crippen LogP contribution in [0.2, 0.25) is 0 Å². The molecular weight excluding hydrogens is 673 g/mol. The van der Waals surface area contributed by atoms with E-state index in [1.54, 1.807) is 0 Å². The van der Waals surface area contributed by atoms with E-state index in [1.807, 2.05) is 39.0 Å². The molecule has 6 nitrogen and oxygen atoms in total. The highest BCUT2D eigenvalue weighted by Gasteiger charge is 2.46. The van der Waals surface area contributed by atoms with E-state index in [9.17, 15) is 9.59 Å². The second kappa shape index (κ2) is 14.9. The molecule has 0 bridgehead atoms. The van der Waals surface area contributed by atoms with Crippen molar-refractivity contribution in [3.05, 3.63) is 124 Å². The van der Waals surface area contributed by atoms with Gasteiger partial charge >= 0.3 is 12.3 Å². The van der Waals surface area contributed by atoms with Crippen molar-refractivity contribution in [2.24, 2.45) is 22.7 Å². The minimum atomic E-state index is -0.757. The highest BCUT2D eigenvalue weighted by molar-refractivity contribution is 5.69. The summed E-state index contributed by atoms with van der Waals surface area (Å²) in [6.45, 7) is 20.1. The van der Waals surface area contributed by atoms with Crippen molar-refractivity contribution in [2.45, 2.75) is 112 Å². The Kier molecular flexibility index (Phi) is 10.8. The number of hydrogen-bond donors (Lipinski definition) is 0. The van der Waals surface area contributed by atoms with E-state index in [0.29, 0.717) is 29.1 Å². The van der Waals surface area contributed by atoms with Gasteiger partial charge in [0.2, 0.25) is 0 Å². The van der Waals surface area contributed by atoms with Gasteiger partial charge in [0.25, 0.3) is 0 Å². The van der Waals surface area contributed by atoms with Crippen molar-refractivity contribution in [1.29, 1.82) is 0 Å². The minimum absolute atomic E-state index is 0.0976. The number of carbonyl (C=O) groups is 2. The zero-order chi connectivity index (χ0) is 39.1. The molecule has 4 unspecified atom stereocenters. The fourth-order valence-electron chi connectivity index (χ4n) is 9.02. The van der Waals surface area contributed by atoms with Crippen molar-refractivity contribution in [1.82, 2.24) is 0 Å². The standard InChI is InChI=1S/C48H58O6/c1-31-27-38(17-19-40(31)52-43(49)51-10)48(25-23-46(8,9)35(5)30-48)39-18-21-42(33(3)28-39)54-44(50)53-41-20-16-37(26-32(41)2)47(36-14-12-11-13-15-36)24-22-45(6,7)34(4)29-47/h11-21,26-28,34-35H,22-25,29-30H2,1-10H3. The van der Waals surface area contributed by atoms with Gasteiger partial charge < -0.3 is 18.9 Å². The first kappa shape index (κ1) is 39.1. The molecule has 6 heteroatoms. The average molecular weight is 731 g/mol. The van der Waals surface area contributed by atoms with Crippen LogP contribution in [0.15, 0.2) is 84.9 Å². The summed E-state index contributed by atoms with van der Waals surface area (Å²) in [6, 6.07) is 29.3. The Labute approximate surface area is 322 Å². The van der Waals surface area contributed by atoms with Gasteiger partial charge in [-0.05, 0) is 139 Å². The Balaban J connectivity index is 1.23. The summed E-state index contributed by atoms with van der Waals surface area (Å²) in [7, 11) is 1.30. The summed E-state index contributed by atoms with van der Waals surface area (Å²) in [5.74, 6) is 2.45. The molecule has 2 aliphatic carbocycles. The predicted octanol–water partition coefficient (Wildman–Crippen LogP) is 12.6. The van der Waals surface area contributed by atoms with E-state index in [-0.39, 0.29) is 21.7 Å². The van der Waals surface area contributed by atoms with Crippen LogP contribution in [-0.4, -0.2) is 19.4 Å². The molecule has 0 amide bonds. The lowest BCUT2D eigenvalue weighted by atomic mass is 9.55. The summed E-state index contributed by atoms with van der Waals surface area (Å²) in [6.07, 6.45) is 4.74. The van der Waals surface area contributed by atoms with Gasteiger partial charge in [0.15, 0.2) is 0 Å². The van der Waals surface area contributed by atoms with Crippen molar-refractivity contribution in [3.63, 3.8) is 0 Å². The van der Waals surface area contributed by atoms with Gasteiger partial charge in [-0.1, -0.05) is 108 Å². The number of ether oxygens (including phenoxy) is 4. The second-order valence-corrected chi connectivity index (χ2v) is 17.7. The Morgan fingerprint density at radius 2 is 0.889 bits per heavy atom.